The van der Waals surface area contributed by atoms with E-state index in [1.807, 2.05) is 0 Å². The maximum Gasteiger partial charge on any atom is 1.00 e. The largest absolute Gasteiger partial charge is 1.00 e. The van der Waals surface area contributed by atoms with Crippen LogP contribution in [0.15, 0.2) is 25.3 Å². The third kappa shape index (κ3) is 17.7. The summed E-state index contributed by atoms with van der Waals surface area (Å²) in [4.78, 5) is 95.2. The van der Waals surface area contributed by atoms with Gasteiger partial charge in [-0.25, -0.2) is 19.3 Å². The molecular weight excluding hydrogens is 867 g/mol. The number of nitrogens with one attached hydrogen (secondary N) is 2. The lowest BCUT2D eigenvalue weighted by Crippen LogP contribution is -2.46. The number of anilines is 1. The molecule has 3 heterocycles. The number of carbonyl (C=O) groups is 3. The minimum absolute atomic E-state index is 0. The van der Waals surface area contributed by atoms with Crippen molar-refractivity contribution in [2.24, 2.45) is 5.41 Å². The predicted molar refractivity (Wildman–Crippen MR) is 215 cm³/mol. The highest BCUT2D eigenvalue weighted by Gasteiger charge is 2.55. The third-order valence-electron chi connectivity index (χ3n) is 7.37. The molecule has 0 aliphatic carbocycles. The van der Waals surface area contributed by atoms with Gasteiger partial charge < -0.3 is 69.0 Å². The molecule has 0 spiro atoms. The Hall–Kier alpha value is -2.70. The second kappa shape index (κ2) is 25.3. The number of fused-ring (bicyclic) bond motifs is 1. The molecule has 0 radical (unpaired) electrons. The van der Waals surface area contributed by atoms with Crippen LogP contribution in [0, 0.1) is 5.41 Å². The van der Waals surface area contributed by atoms with Crippen molar-refractivity contribution in [1.82, 2.24) is 30.2 Å². The summed E-state index contributed by atoms with van der Waals surface area (Å²) in [5.74, 6) is -1.29. The summed E-state index contributed by atoms with van der Waals surface area (Å²) in [7, 11) is -17.6. The number of rotatable bonds is 20. The molecule has 7 atom stereocenters. The Morgan fingerprint density at radius 2 is 1.66 bits per heavy atom. The van der Waals surface area contributed by atoms with Crippen LogP contribution >= 0.6 is 35.2 Å². The highest BCUT2D eigenvalue weighted by atomic mass is 32.2. The van der Waals surface area contributed by atoms with E-state index in [9.17, 15) is 57.9 Å². The first-order chi connectivity index (χ1) is 24.4. The van der Waals surface area contributed by atoms with Gasteiger partial charge >= 0.3 is 1.43 Å². The molecule has 28 heteroatoms. The Balaban J connectivity index is -0.00000144. The van der Waals surface area contributed by atoms with Crippen LogP contribution in [0.25, 0.3) is 11.2 Å². The first-order valence-electron chi connectivity index (χ1n) is 15.1. The maximum atomic E-state index is 12.5. The van der Waals surface area contributed by atoms with Crippen LogP contribution in [-0.4, -0.2) is 103 Å². The summed E-state index contributed by atoms with van der Waals surface area (Å²) < 4.78 is 60.8. The number of aromatic nitrogens is 4. The van der Waals surface area contributed by atoms with Crippen molar-refractivity contribution in [2.45, 2.75) is 102 Å². The normalized spacial score (nSPS) is 21.1. The molecular formula is C31H61N7O17P3S-3. The number of thioether (sulfide) groups is 1. The summed E-state index contributed by atoms with van der Waals surface area (Å²) in [5.41, 5.74) is 2.01. The second-order valence-corrected chi connectivity index (χ2v) is 17.1. The van der Waals surface area contributed by atoms with Crippen molar-refractivity contribution in [1.29, 1.82) is 0 Å². The van der Waals surface area contributed by atoms with Gasteiger partial charge in [0.25, 0.3) is 15.6 Å². The minimum atomic E-state index is -5.93. The molecule has 0 bridgehead atoms. The molecule has 1 aliphatic heterocycles. The van der Waals surface area contributed by atoms with Crippen LogP contribution in [0.5, 0.6) is 0 Å². The zero-order valence-corrected chi connectivity index (χ0v) is 31.6. The number of nitrogen functional groups attached to an aromatic ring is 1. The molecule has 0 saturated carbocycles. The van der Waals surface area contributed by atoms with Gasteiger partial charge in [-0.2, -0.15) is 0 Å². The maximum absolute atomic E-state index is 12.5. The predicted octanol–water partition coefficient (Wildman–Crippen LogP) is 0.426. The number of hydrogen-bond acceptors (Lipinski definition) is 22. The molecule has 2 aromatic heterocycles. The quantitative estimate of drug-likeness (QED) is 0.0682. The SMILES string of the molecule is C.C.C.C.C.C.C=CC(=O)SCCNC(=O)CCNC(=O)C(O)C(C)(C)COP(=O)([O-])OP(=O)([O-])OCC1OC(C)(n2cnc3c(N)ncnc32)C(O)C1OP(=O)([O-])[O-].[H+]. The molecule has 2 amide bonds. The topological polar surface area (TPSA) is 375 Å². The number of phosphoric ester groups is 3. The van der Waals surface area contributed by atoms with E-state index in [-0.39, 0.29) is 93.3 Å². The number of aliphatic hydroxyl groups excluding tert-OH is 2. The van der Waals surface area contributed by atoms with Crippen LogP contribution < -0.4 is 35.9 Å². The molecule has 7 unspecified atom stereocenters. The van der Waals surface area contributed by atoms with E-state index in [2.05, 4.69) is 50.0 Å². The number of amides is 2. The summed E-state index contributed by atoms with van der Waals surface area (Å²) >= 11 is 0.940. The van der Waals surface area contributed by atoms with Crippen molar-refractivity contribution >= 4 is 69.1 Å². The Bertz CT molecular complexity index is 1820. The van der Waals surface area contributed by atoms with Crippen molar-refractivity contribution in [2.75, 3.05) is 37.8 Å². The highest BCUT2D eigenvalue weighted by molar-refractivity contribution is 8.14. The van der Waals surface area contributed by atoms with Gasteiger partial charge in [-0.3, -0.25) is 28.1 Å². The van der Waals surface area contributed by atoms with Gasteiger partial charge in [0.15, 0.2) is 17.2 Å². The molecule has 1 saturated heterocycles. The average molecular weight is 929 g/mol. The Labute approximate surface area is 351 Å². The Kier molecular flexibility index (Phi) is 27.0. The zero-order chi connectivity index (χ0) is 40.0. The first kappa shape index (κ1) is 62.9. The lowest BCUT2D eigenvalue weighted by atomic mass is 9.87. The van der Waals surface area contributed by atoms with Crippen molar-refractivity contribution in [3.05, 3.63) is 25.3 Å². The number of ether oxygens (including phenoxy) is 1. The van der Waals surface area contributed by atoms with E-state index in [0.29, 0.717) is 0 Å². The molecule has 24 nitrogen and oxygen atoms in total. The molecule has 0 aromatic carbocycles. The van der Waals surface area contributed by atoms with Crippen LogP contribution in [0.3, 0.4) is 0 Å². The third-order valence-corrected chi connectivity index (χ3v) is 11.2. The molecule has 346 valence electrons. The minimum Gasteiger partial charge on any atom is -0.790 e. The molecule has 1 fully saturated rings. The number of hydrogen-bond donors (Lipinski definition) is 5. The molecule has 3 rings (SSSR count). The number of phosphoric acid groups is 3. The van der Waals surface area contributed by atoms with Gasteiger partial charge in [-0.15, -0.1) is 0 Å². The van der Waals surface area contributed by atoms with Gasteiger partial charge in [0, 0.05) is 30.7 Å². The lowest BCUT2D eigenvalue weighted by Gasteiger charge is -2.36. The van der Waals surface area contributed by atoms with Gasteiger partial charge in [0.05, 0.1) is 27.4 Å². The van der Waals surface area contributed by atoms with Crippen molar-refractivity contribution in [3.63, 3.8) is 0 Å². The van der Waals surface area contributed by atoms with Crippen molar-refractivity contribution < 1.29 is 81.9 Å². The van der Waals surface area contributed by atoms with Crippen LogP contribution in [-0.2, 0) is 56.4 Å². The molecule has 6 N–H and O–H groups in total. The fourth-order valence-electron chi connectivity index (χ4n) is 4.63. The number of aliphatic hydroxyl groups is 2. The van der Waals surface area contributed by atoms with E-state index in [0.717, 1.165) is 35.1 Å². The van der Waals surface area contributed by atoms with Crippen LogP contribution in [0.2, 0.25) is 0 Å². The fourth-order valence-corrected chi connectivity index (χ4v) is 7.88. The summed E-state index contributed by atoms with van der Waals surface area (Å²) in [6.07, 6.45) is -4.97. The van der Waals surface area contributed by atoms with Crippen LogP contribution in [0.4, 0.5) is 5.82 Å². The monoisotopic (exact) mass is 928 g/mol. The lowest BCUT2D eigenvalue weighted by molar-refractivity contribution is -0.347. The average Bonchev–Trinajstić information content (AvgIpc) is 3.60. The molecule has 2 aromatic rings. The standard InChI is InChI=1S/C25H40N7O17P3S.6CH4/c1-5-16(34)53-9-8-27-15(33)6-7-28-23(37)20(36)24(2,3)11-46-52(43,44)49-51(41,42)45-10-14-18(48-50(38,39)40)19(35)25(4,47-14)32-13-31-17-21(26)29-12-30-22(17)32;;;;;;/h5,12-14,18-20,35-36H,1,6-11H2,2-4H3,(H,27,33)(H,28,37)(H,41,42)(H,43,44)(H2,26,29,30)(H2,38,39,40);6*1H4/p-3. The van der Waals surface area contributed by atoms with E-state index in [4.69, 9.17) is 10.5 Å². The number of imidazole rings is 1. The summed E-state index contributed by atoms with van der Waals surface area (Å²) in [5, 5.41) is 26.0. The smallest absolute Gasteiger partial charge is 0.790 e. The highest BCUT2D eigenvalue weighted by Crippen LogP contribution is 2.56. The van der Waals surface area contributed by atoms with E-state index < -0.39 is 84.1 Å². The number of nitrogens with zero attached hydrogens (tertiary/aromatic N) is 4. The number of carbonyl (C=O) groups excluding carboxylic acids is 3. The Morgan fingerprint density at radius 3 is 2.24 bits per heavy atom. The van der Waals surface area contributed by atoms with Crippen LogP contribution in [0.1, 0.15) is 73.2 Å². The van der Waals surface area contributed by atoms with E-state index in [1.54, 1.807) is 0 Å². The molecule has 1 aliphatic rings. The van der Waals surface area contributed by atoms with E-state index >= 15 is 0 Å². The fraction of sp³-hybridized carbons (Fsp3) is 0.677. The van der Waals surface area contributed by atoms with Gasteiger partial charge in [-0.05, 0) is 13.0 Å². The molecule has 59 heavy (non-hydrogen) atoms. The Morgan fingerprint density at radius 1 is 1.07 bits per heavy atom. The first-order valence-corrected chi connectivity index (χ1v) is 20.4. The zero-order valence-electron chi connectivity index (χ0n) is 29.1. The van der Waals surface area contributed by atoms with Gasteiger partial charge in [0.2, 0.25) is 16.9 Å². The van der Waals surface area contributed by atoms with E-state index in [1.165, 1.54) is 20.8 Å². The van der Waals surface area contributed by atoms with Crippen molar-refractivity contribution in [3.8, 4) is 0 Å². The van der Waals surface area contributed by atoms with Gasteiger partial charge in [-0.1, -0.05) is 76.7 Å². The summed E-state index contributed by atoms with van der Waals surface area (Å²) in [6, 6.07) is 0. The number of nitrogens with two attached hydrogens (primary N) is 1. The van der Waals surface area contributed by atoms with Gasteiger partial charge in [0.1, 0.15) is 36.3 Å². The second-order valence-electron chi connectivity index (χ2n) is 11.9. The summed E-state index contributed by atoms with van der Waals surface area (Å²) in [6.45, 7) is 4.51.